The smallest absolute Gasteiger partial charge is 0.222 e. The number of amides is 1. The van der Waals surface area contributed by atoms with Gasteiger partial charge in [0.1, 0.15) is 11.5 Å². The number of hydrogen-bond acceptors (Lipinski definition) is 4. The van der Waals surface area contributed by atoms with Crippen LogP contribution in [0.3, 0.4) is 0 Å². The molecule has 1 amide bonds. The van der Waals surface area contributed by atoms with Crippen LogP contribution in [0.25, 0.3) is 0 Å². The van der Waals surface area contributed by atoms with Crippen LogP contribution in [0.5, 0.6) is 5.75 Å². The summed E-state index contributed by atoms with van der Waals surface area (Å²) in [4.78, 5) is 25.9. The summed E-state index contributed by atoms with van der Waals surface area (Å²) in [6, 6.07) is 8.46. The van der Waals surface area contributed by atoms with E-state index in [1.165, 1.54) is 31.2 Å². The molecule has 5 heteroatoms. The number of benzene rings is 1. The van der Waals surface area contributed by atoms with E-state index >= 15 is 0 Å². The number of hydrogen-bond donors (Lipinski definition) is 1. The number of aliphatic hydroxyl groups is 1. The van der Waals surface area contributed by atoms with Gasteiger partial charge in [0.2, 0.25) is 5.91 Å². The van der Waals surface area contributed by atoms with Crippen molar-refractivity contribution in [3.05, 3.63) is 29.8 Å². The van der Waals surface area contributed by atoms with Gasteiger partial charge in [0.15, 0.2) is 0 Å². The molecule has 0 radical (unpaired) electrons. The van der Waals surface area contributed by atoms with E-state index in [0.29, 0.717) is 53.8 Å². The van der Waals surface area contributed by atoms with Gasteiger partial charge in [-0.05, 0) is 122 Å². The Labute approximate surface area is 236 Å². The zero-order chi connectivity index (χ0) is 27.8. The number of nitrogens with zero attached hydrogens (tertiary/aromatic N) is 1. The Morgan fingerprint density at radius 1 is 1.08 bits per heavy atom. The summed E-state index contributed by atoms with van der Waals surface area (Å²) in [6.07, 6.45) is 12.8. The zero-order valence-electron chi connectivity index (χ0n) is 24.8. The first-order chi connectivity index (χ1) is 18.6. The predicted molar refractivity (Wildman–Crippen MR) is 154 cm³/mol. The molecule has 1 N–H and O–H groups in total. The summed E-state index contributed by atoms with van der Waals surface area (Å²) in [7, 11) is 3.58. The highest BCUT2D eigenvalue weighted by molar-refractivity contribution is 5.79. The molecule has 0 heterocycles. The van der Waals surface area contributed by atoms with Gasteiger partial charge in [-0.2, -0.15) is 0 Å². The second-order valence-electron chi connectivity index (χ2n) is 14.1. The fraction of sp³-hybridized carbons (Fsp3) is 0.765. The largest absolute Gasteiger partial charge is 0.494 e. The predicted octanol–water partition coefficient (Wildman–Crippen LogP) is 6.46. The molecule has 0 aromatic heterocycles. The Hall–Kier alpha value is -1.88. The molecular formula is C34H51NO4. The number of carbonyl (C=O) groups excluding carboxylic acids is 2. The number of ether oxygens (including phenoxy) is 1. The van der Waals surface area contributed by atoms with Crippen molar-refractivity contribution in [1.82, 2.24) is 4.90 Å². The SMILES string of the molecule is CN(C)C(=O)CCCOc1cccc(CCCC2CC3CC(=O)CC[C@]3(C)[C@@H]3CC[C@]4(C)C(O)CC[C@H]4[C@H]23)c1. The standard InChI is InChI=1S/C34H51NO4/c1-33-17-15-26(36)22-25(33)21-24(32-28-13-14-30(37)34(28,2)18-16-29(32)33)10-5-8-23-9-6-11-27(20-23)39-19-7-12-31(38)35(3)4/h6,9,11,20,24-25,28-30,32,37H,5,7-8,10,12-19,21-22H2,1-4H3/t24?,25?,28-,29+,30?,32-,33-,34-/m0/s1. The third-order valence-corrected chi connectivity index (χ3v) is 11.9. The van der Waals surface area contributed by atoms with Crippen molar-refractivity contribution in [2.75, 3.05) is 20.7 Å². The van der Waals surface area contributed by atoms with Gasteiger partial charge in [-0.25, -0.2) is 0 Å². The van der Waals surface area contributed by atoms with E-state index in [0.717, 1.165) is 57.1 Å². The van der Waals surface area contributed by atoms with Crippen molar-refractivity contribution in [1.29, 1.82) is 0 Å². The van der Waals surface area contributed by atoms with E-state index in [9.17, 15) is 14.7 Å². The average Bonchev–Trinajstić information content (AvgIpc) is 3.21. The first-order valence-electron chi connectivity index (χ1n) is 15.7. The van der Waals surface area contributed by atoms with Crippen LogP contribution in [-0.2, 0) is 16.0 Å². The number of aryl methyl sites for hydroxylation is 1. The first-order valence-corrected chi connectivity index (χ1v) is 15.7. The molecule has 4 aliphatic carbocycles. The molecule has 1 aromatic rings. The molecule has 216 valence electrons. The minimum atomic E-state index is -0.147. The summed E-state index contributed by atoms with van der Waals surface area (Å²) in [5, 5.41) is 11.0. The number of Topliss-reactive ketones (excluding diaryl/α,β-unsaturated/α-hetero) is 1. The molecule has 1 aromatic carbocycles. The Morgan fingerprint density at radius 3 is 2.67 bits per heavy atom. The van der Waals surface area contributed by atoms with Gasteiger partial charge in [0.25, 0.3) is 0 Å². The lowest BCUT2D eigenvalue weighted by Gasteiger charge is -2.62. The molecule has 3 unspecified atom stereocenters. The lowest BCUT2D eigenvalue weighted by Crippen LogP contribution is -2.57. The van der Waals surface area contributed by atoms with Crippen LogP contribution in [0, 0.1) is 40.4 Å². The third kappa shape index (κ3) is 5.67. The molecule has 0 saturated heterocycles. The van der Waals surface area contributed by atoms with Crippen LogP contribution < -0.4 is 4.74 Å². The molecule has 4 fully saturated rings. The number of ketones is 1. The minimum absolute atomic E-state index is 0.0793. The Morgan fingerprint density at radius 2 is 1.87 bits per heavy atom. The van der Waals surface area contributed by atoms with Crippen LogP contribution in [0.2, 0.25) is 0 Å². The van der Waals surface area contributed by atoms with Gasteiger partial charge in [0, 0.05) is 33.4 Å². The molecule has 0 aliphatic heterocycles. The van der Waals surface area contributed by atoms with Gasteiger partial charge in [-0.15, -0.1) is 0 Å². The molecule has 39 heavy (non-hydrogen) atoms. The summed E-state index contributed by atoms with van der Waals surface area (Å²) < 4.78 is 5.97. The number of fused-ring (bicyclic) bond motifs is 5. The normalized spacial score (nSPS) is 37.5. The zero-order valence-corrected chi connectivity index (χ0v) is 24.8. The topological polar surface area (TPSA) is 66.8 Å². The summed E-state index contributed by atoms with van der Waals surface area (Å²) >= 11 is 0. The van der Waals surface area contributed by atoms with E-state index in [-0.39, 0.29) is 17.4 Å². The molecule has 8 atom stereocenters. The molecule has 4 saturated carbocycles. The fourth-order valence-electron chi connectivity index (χ4n) is 9.49. The van der Waals surface area contributed by atoms with Gasteiger partial charge in [0.05, 0.1) is 12.7 Å². The van der Waals surface area contributed by atoms with Crippen LogP contribution >= 0.6 is 0 Å². The Balaban J connectivity index is 1.23. The van der Waals surface area contributed by atoms with E-state index in [2.05, 4.69) is 32.0 Å². The van der Waals surface area contributed by atoms with Crippen molar-refractivity contribution in [3.63, 3.8) is 0 Å². The maximum Gasteiger partial charge on any atom is 0.222 e. The highest BCUT2D eigenvalue weighted by atomic mass is 16.5. The Kier molecular flexibility index (Phi) is 8.48. The molecule has 0 bridgehead atoms. The third-order valence-electron chi connectivity index (χ3n) is 11.9. The summed E-state index contributed by atoms with van der Waals surface area (Å²) in [5.41, 5.74) is 1.69. The van der Waals surface area contributed by atoms with Gasteiger partial charge < -0.3 is 14.7 Å². The highest BCUT2D eigenvalue weighted by Crippen LogP contribution is 2.67. The highest BCUT2D eigenvalue weighted by Gasteiger charge is 2.62. The molecule has 4 aliphatic rings. The maximum absolute atomic E-state index is 12.5. The van der Waals surface area contributed by atoms with Crippen LogP contribution in [0.1, 0.15) is 96.5 Å². The van der Waals surface area contributed by atoms with Crippen molar-refractivity contribution in [2.24, 2.45) is 40.4 Å². The quantitative estimate of drug-likeness (QED) is 0.367. The summed E-state index contributed by atoms with van der Waals surface area (Å²) in [6.45, 7) is 5.45. The number of aliphatic hydroxyl groups excluding tert-OH is 1. The first kappa shape index (κ1) is 28.6. The van der Waals surface area contributed by atoms with Crippen LogP contribution in [-0.4, -0.2) is 48.5 Å². The second kappa shape index (κ2) is 11.5. The van der Waals surface area contributed by atoms with Crippen molar-refractivity contribution >= 4 is 11.7 Å². The van der Waals surface area contributed by atoms with E-state index in [1.807, 2.05) is 6.07 Å². The van der Waals surface area contributed by atoms with Crippen LogP contribution in [0.15, 0.2) is 24.3 Å². The monoisotopic (exact) mass is 537 g/mol. The molecule has 5 rings (SSSR count). The molecule has 5 nitrogen and oxygen atoms in total. The molecule has 0 spiro atoms. The fourth-order valence-corrected chi connectivity index (χ4v) is 9.49. The van der Waals surface area contributed by atoms with Gasteiger partial charge >= 0.3 is 0 Å². The second-order valence-corrected chi connectivity index (χ2v) is 14.1. The number of carbonyl (C=O) groups is 2. The minimum Gasteiger partial charge on any atom is -0.494 e. The lowest BCUT2D eigenvalue weighted by atomic mass is 9.42. The lowest BCUT2D eigenvalue weighted by molar-refractivity contribution is -0.156. The van der Waals surface area contributed by atoms with Gasteiger partial charge in [-0.3, -0.25) is 9.59 Å². The maximum atomic E-state index is 12.5. The van der Waals surface area contributed by atoms with Gasteiger partial charge in [-0.1, -0.05) is 26.0 Å². The molecular weight excluding hydrogens is 486 g/mol. The average molecular weight is 538 g/mol. The Bertz CT molecular complexity index is 1040. The van der Waals surface area contributed by atoms with Crippen molar-refractivity contribution in [2.45, 2.75) is 103 Å². The number of rotatable bonds is 9. The van der Waals surface area contributed by atoms with E-state index < -0.39 is 0 Å². The van der Waals surface area contributed by atoms with Crippen molar-refractivity contribution < 1.29 is 19.4 Å². The van der Waals surface area contributed by atoms with E-state index in [1.54, 1.807) is 19.0 Å². The van der Waals surface area contributed by atoms with Crippen LogP contribution in [0.4, 0.5) is 0 Å². The van der Waals surface area contributed by atoms with E-state index in [4.69, 9.17) is 4.74 Å². The van der Waals surface area contributed by atoms with Crippen molar-refractivity contribution in [3.8, 4) is 5.75 Å². The summed E-state index contributed by atoms with van der Waals surface area (Å²) in [5.74, 6) is 4.72.